The Morgan fingerprint density at radius 1 is 0.857 bits per heavy atom. The molecule has 2 fully saturated rings. The molecule has 2 saturated heterocycles. The Morgan fingerprint density at radius 3 is 1.94 bits per heavy atom. The van der Waals surface area contributed by atoms with E-state index in [0.717, 1.165) is 54.0 Å². The number of likely N-dealkylation sites (tertiary alicyclic amines) is 2. The minimum atomic E-state index is -1.30. The highest BCUT2D eigenvalue weighted by Gasteiger charge is 2.34. The maximum Gasteiger partial charge on any atom is 0.577 e. The molecule has 0 saturated carbocycles. The van der Waals surface area contributed by atoms with Crippen molar-refractivity contribution >= 4 is 11.6 Å². The topological polar surface area (TPSA) is 117 Å². The van der Waals surface area contributed by atoms with Crippen LogP contribution in [0.5, 0.6) is 0 Å². The highest BCUT2D eigenvalue weighted by atomic mass is 16.7. The Bertz CT molecular complexity index is 1280. The summed E-state index contributed by atoms with van der Waals surface area (Å²) in [5, 5.41) is 31.8. The van der Waals surface area contributed by atoms with Gasteiger partial charge in [0.1, 0.15) is 21.7 Å². The molecule has 0 spiro atoms. The highest BCUT2D eigenvalue weighted by molar-refractivity contribution is 5.83. The Morgan fingerprint density at radius 2 is 1.40 bits per heavy atom. The van der Waals surface area contributed by atoms with E-state index >= 15 is 0 Å². The Balaban J connectivity index is 1.48. The number of rotatable bonds is 6. The number of benzene rings is 2. The summed E-state index contributed by atoms with van der Waals surface area (Å²) in [6, 6.07) is 13.1. The normalized spacial score (nSPS) is 15.9. The first-order valence-electron chi connectivity index (χ1n) is 11.9. The third-order valence-corrected chi connectivity index (χ3v) is 7.03. The molecule has 9 nitrogen and oxygen atoms in total. The number of hydrogen-bond donors (Lipinski definition) is 0. The van der Waals surface area contributed by atoms with E-state index in [1.54, 1.807) is 24.3 Å². The van der Waals surface area contributed by atoms with Crippen LogP contribution in [0.3, 0.4) is 0 Å². The van der Waals surface area contributed by atoms with Crippen LogP contribution in [0.15, 0.2) is 48.0 Å². The monoisotopic (exact) mass is 471 g/mol. The molecule has 0 unspecified atom stereocenters. The molecule has 0 aromatic heterocycles. The van der Waals surface area contributed by atoms with Crippen LogP contribution in [0.2, 0.25) is 0 Å². The molecule has 5 rings (SSSR count). The smallest absolute Gasteiger partial charge is 0.358 e. The van der Waals surface area contributed by atoms with Crippen molar-refractivity contribution in [3.8, 4) is 17.2 Å². The molecule has 0 radical (unpaired) electrons. The molecule has 0 N–H and O–H groups in total. The van der Waals surface area contributed by atoms with Crippen molar-refractivity contribution in [1.82, 2.24) is 9.80 Å². The fourth-order valence-electron chi connectivity index (χ4n) is 5.39. The van der Waals surface area contributed by atoms with E-state index in [2.05, 4.69) is 34.1 Å². The largest absolute Gasteiger partial charge is 0.577 e. The summed E-state index contributed by atoms with van der Waals surface area (Å²) in [6.45, 7) is 4.36. The molecule has 2 aromatic rings. The lowest BCUT2D eigenvalue weighted by Gasteiger charge is -2.30. The quantitative estimate of drug-likeness (QED) is 0.295. The SMILES string of the molecule is N#CC(=C([N+](=O)[O-])[N+](=O)[O-])c1ccc2c(c1)Cc1cc(C=C(N3CCCC3)N3CCCC3)ccc1-2. The van der Waals surface area contributed by atoms with Gasteiger partial charge in [0.05, 0.1) is 0 Å². The second-order valence-corrected chi connectivity index (χ2v) is 9.18. The van der Waals surface area contributed by atoms with E-state index in [4.69, 9.17) is 0 Å². The molecule has 2 heterocycles. The average molecular weight is 472 g/mol. The zero-order valence-electron chi connectivity index (χ0n) is 19.3. The van der Waals surface area contributed by atoms with Gasteiger partial charge in [0.15, 0.2) is 0 Å². The van der Waals surface area contributed by atoms with Crippen molar-refractivity contribution < 1.29 is 9.85 Å². The van der Waals surface area contributed by atoms with Gasteiger partial charge in [-0.3, -0.25) is 20.2 Å². The van der Waals surface area contributed by atoms with Gasteiger partial charge in [-0.2, -0.15) is 5.26 Å². The zero-order chi connectivity index (χ0) is 24.5. The molecule has 1 aliphatic carbocycles. The summed E-state index contributed by atoms with van der Waals surface area (Å²) in [6.07, 6.45) is 7.78. The lowest BCUT2D eigenvalue weighted by atomic mass is 9.99. The minimum Gasteiger partial charge on any atom is -0.358 e. The number of hydrogen-bond acceptors (Lipinski definition) is 7. The summed E-state index contributed by atoms with van der Waals surface area (Å²) < 4.78 is 0. The van der Waals surface area contributed by atoms with Crippen LogP contribution in [-0.4, -0.2) is 45.8 Å². The highest BCUT2D eigenvalue weighted by Crippen LogP contribution is 2.39. The number of fused-ring (bicyclic) bond motifs is 3. The van der Waals surface area contributed by atoms with Gasteiger partial charge in [0.25, 0.3) is 0 Å². The van der Waals surface area contributed by atoms with Gasteiger partial charge < -0.3 is 9.80 Å². The average Bonchev–Trinajstić information content (AvgIpc) is 3.60. The summed E-state index contributed by atoms with van der Waals surface area (Å²) in [4.78, 5) is 25.1. The van der Waals surface area contributed by atoms with Crippen LogP contribution in [0.4, 0.5) is 0 Å². The summed E-state index contributed by atoms with van der Waals surface area (Å²) in [7, 11) is 0. The predicted octanol–water partition coefficient (Wildman–Crippen LogP) is 4.49. The second-order valence-electron chi connectivity index (χ2n) is 9.18. The zero-order valence-corrected chi connectivity index (χ0v) is 19.3. The van der Waals surface area contributed by atoms with Crippen molar-refractivity contribution in [3.63, 3.8) is 0 Å². The first-order valence-corrected chi connectivity index (χ1v) is 11.9. The third-order valence-electron chi connectivity index (χ3n) is 7.03. The standard InChI is InChI=1S/C26H25N5O4/c27-17-24(26(30(32)33)31(34)35)19-6-8-23-21(15-19)16-20-13-18(5-7-22(20)23)14-25(28-9-1-2-10-28)29-11-3-4-12-29/h5-8,13-15H,1-4,9-12,16H2. The molecule has 2 aromatic carbocycles. The first-order chi connectivity index (χ1) is 17.0. The van der Waals surface area contributed by atoms with Gasteiger partial charge in [0.2, 0.25) is 5.57 Å². The van der Waals surface area contributed by atoms with Crippen molar-refractivity contribution in [2.75, 3.05) is 26.2 Å². The summed E-state index contributed by atoms with van der Waals surface area (Å²) in [5.74, 6) is 0.000348. The lowest BCUT2D eigenvalue weighted by molar-refractivity contribution is -0.614. The first kappa shape index (κ1) is 22.6. The van der Waals surface area contributed by atoms with E-state index in [1.807, 2.05) is 0 Å². The number of nitrogens with zero attached hydrogens (tertiary/aromatic N) is 5. The van der Waals surface area contributed by atoms with E-state index in [0.29, 0.717) is 6.42 Å². The molecule has 0 amide bonds. The Labute approximate surface area is 202 Å². The van der Waals surface area contributed by atoms with Gasteiger partial charge in [-0.15, -0.1) is 0 Å². The number of allylic oxidation sites excluding steroid dienone is 1. The fourth-order valence-corrected chi connectivity index (χ4v) is 5.39. The van der Waals surface area contributed by atoms with Crippen molar-refractivity contribution in [2.45, 2.75) is 32.1 Å². The molecule has 0 atom stereocenters. The summed E-state index contributed by atoms with van der Waals surface area (Å²) in [5.41, 5.74) is 4.89. The molecule has 3 aliphatic rings. The second kappa shape index (κ2) is 9.22. The van der Waals surface area contributed by atoms with Gasteiger partial charge in [0, 0.05) is 31.7 Å². The van der Waals surface area contributed by atoms with Crippen LogP contribution in [0.25, 0.3) is 22.8 Å². The fraction of sp³-hybridized carbons (Fsp3) is 0.346. The predicted molar refractivity (Wildman–Crippen MR) is 131 cm³/mol. The van der Waals surface area contributed by atoms with Crippen molar-refractivity contribution in [1.29, 1.82) is 5.26 Å². The van der Waals surface area contributed by atoms with Crippen molar-refractivity contribution in [3.05, 3.63) is 90.5 Å². The molecule has 35 heavy (non-hydrogen) atoms. The van der Waals surface area contributed by atoms with E-state index in [9.17, 15) is 25.5 Å². The molecule has 0 bridgehead atoms. The molecule has 178 valence electrons. The minimum absolute atomic E-state index is 0.188. The Kier molecular flexibility index (Phi) is 5.95. The van der Waals surface area contributed by atoms with Gasteiger partial charge in [-0.1, -0.05) is 30.3 Å². The number of nitro groups is 2. The summed E-state index contributed by atoms with van der Waals surface area (Å²) >= 11 is 0. The van der Waals surface area contributed by atoms with E-state index in [-0.39, 0.29) is 5.56 Å². The van der Waals surface area contributed by atoms with Crippen LogP contribution >= 0.6 is 0 Å². The van der Waals surface area contributed by atoms with Crippen LogP contribution in [0.1, 0.15) is 47.9 Å². The van der Waals surface area contributed by atoms with Crippen LogP contribution < -0.4 is 0 Å². The maximum absolute atomic E-state index is 11.2. The van der Waals surface area contributed by atoms with Gasteiger partial charge in [-0.05, 0) is 72.1 Å². The van der Waals surface area contributed by atoms with Gasteiger partial charge >= 0.3 is 5.82 Å². The third kappa shape index (κ3) is 4.23. The van der Waals surface area contributed by atoms with Gasteiger partial charge in [-0.25, -0.2) is 0 Å². The number of nitriles is 1. The maximum atomic E-state index is 11.2. The molecule has 2 aliphatic heterocycles. The molecule has 9 heteroatoms. The molecular formula is C26H25N5O4. The van der Waals surface area contributed by atoms with Crippen LogP contribution in [0, 0.1) is 31.6 Å². The Hall–Kier alpha value is -4.19. The van der Waals surface area contributed by atoms with Crippen molar-refractivity contribution in [2.24, 2.45) is 0 Å². The lowest BCUT2D eigenvalue weighted by Crippen LogP contribution is -2.31. The van der Waals surface area contributed by atoms with E-state index in [1.165, 1.54) is 31.5 Å². The molecular weight excluding hydrogens is 446 g/mol. The van der Waals surface area contributed by atoms with Crippen LogP contribution in [-0.2, 0) is 6.42 Å². The van der Waals surface area contributed by atoms with E-state index < -0.39 is 21.2 Å².